The molecule has 70 valence electrons. The van der Waals surface area contributed by atoms with Gasteiger partial charge in [-0.15, -0.1) is 0 Å². The first-order valence-corrected chi connectivity index (χ1v) is 5.32. The Kier molecular flexibility index (Phi) is 3.88. The van der Waals surface area contributed by atoms with E-state index < -0.39 is 12.1 Å². The molecule has 1 aliphatic heterocycles. The van der Waals surface area contributed by atoms with Crippen molar-refractivity contribution in [2.45, 2.75) is 32.0 Å². The number of ether oxygens (including phenoxy) is 1. The first-order chi connectivity index (χ1) is 5.70. The molecule has 0 radical (unpaired) electrons. The second kappa shape index (κ2) is 4.72. The molecule has 4 heteroatoms. The van der Waals surface area contributed by atoms with Crippen molar-refractivity contribution >= 4 is 17.7 Å². The van der Waals surface area contributed by atoms with Gasteiger partial charge in [0.25, 0.3) is 0 Å². The summed E-state index contributed by atoms with van der Waals surface area (Å²) < 4.78 is 5.04. The lowest BCUT2D eigenvalue weighted by Gasteiger charge is -2.21. The quantitative estimate of drug-likeness (QED) is 0.654. The molecule has 0 spiro atoms. The molecule has 2 atom stereocenters. The predicted molar refractivity (Wildman–Crippen MR) is 48.1 cm³/mol. The number of rotatable bonds is 2. The Morgan fingerprint density at radius 1 is 1.75 bits per heavy atom. The monoisotopic (exact) mass is 190 g/mol. The van der Waals surface area contributed by atoms with Crippen molar-refractivity contribution in [1.29, 1.82) is 0 Å². The first kappa shape index (κ1) is 9.86. The topological polar surface area (TPSA) is 46.5 Å². The van der Waals surface area contributed by atoms with Gasteiger partial charge in [-0.1, -0.05) is 0 Å². The highest BCUT2D eigenvalue weighted by Crippen LogP contribution is 2.19. The fourth-order valence-electron chi connectivity index (χ4n) is 1.07. The summed E-state index contributed by atoms with van der Waals surface area (Å²) in [6.07, 6.45) is 1.07. The zero-order chi connectivity index (χ0) is 8.97. The smallest absolute Gasteiger partial charge is 0.334 e. The zero-order valence-corrected chi connectivity index (χ0v) is 7.97. The van der Waals surface area contributed by atoms with E-state index in [1.54, 1.807) is 11.8 Å². The van der Waals surface area contributed by atoms with Crippen molar-refractivity contribution in [3.63, 3.8) is 0 Å². The lowest BCUT2D eigenvalue weighted by Crippen LogP contribution is -2.29. The fraction of sp³-hybridized carbons (Fsp3) is 0.875. The molecule has 1 heterocycles. The molecule has 0 saturated carbocycles. The predicted octanol–water partition coefficient (Wildman–Crippen LogP) is 0.806. The van der Waals surface area contributed by atoms with Crippen LogP contribution in [0.2, 0.25) is 0 Å². The molecule has 0 aromatic heterocycles. The largest absolute Gasteiger partial charge is 0.460 e. The molecule has 0 bridgehead atoms. The van der Waals surface area contributed by atoms with Crippen LogP contribution in [0.3, 0.4) is 0 Å². The summed E-state index contributed by atoms with van der Waals surface area (Å²) >= 11 is 1.80. The average molecular weight is 190 g/mol. The summed E-state index contributed by atoms with van der Waals surface area (Å²) in [6, 6.07) is 0. The van der Waals surface area contributed by atoms with Crippen LogP contribution in [0.1, 0.15) is 19.8 Å². The summed E-state index contributed by atoms with van der Waals surface area (Å²) in [5.41, 5.74) is 0. The van der Waals surface area contributed by atoms with Gasteiger partial charge >= 0.3 is 5.97 Å². The molecule has 1 rings (SSSR count). The van der Waals surface area contributed by atoms with E-state index in [4.69, 9.17) is 9.84 Å². The van der Waals surface area contributed by atoms with Gasteiger partial charge in [0.15, 0.2) is 0 Å². The number of aliphatic hydroxyl groups excluding tert-OH is 1. The van der Waals surface area contributed by atoms with E-state index in [-0.39, 0.29) is 6.10 Å². The highest BCUT2D eigenvalue weighted by atomic mass is 32.2. The summed E-state index contributed by atoms with van der Waals surface area (Å²) in [6.45, 7) is 1.43. The van der Waals surface area contributed by atoms with E-state index in [1.165, 1.54) is 6.92 Å². The number of carbonyl (C=O) groups is 1. The maximum Gasteiger partial charge on any atom is 0.334 e. The molecule has 3 nitrogen and oxygen atoms in total. The molecule has 1 aliphatic rings. The number of hydrogen-bond donors (Lipinski definition) is 1. The minimum atomic E-state index is -0.989. The van der Waals surface area contributed by atoms with Crippen molar-refractivity contribution in [1.82, 2.24) is 0 Å². The molecule has 0 amide bonds. The van der Waals surface area contributed by atoms with Gasteiger partial charge in [-0.05, 0) is 25.5 Å². The van der Waals surface area contributed by atoms with E-state index in [2.05, 4.69) is 0 Å². The van der Waals surface area contributed by atoms with Crippen molar-refractivity contribution in [3.8, 4) is 0 Å². The molecule has 1 saturated heterocycles. The van der Waals surface area contributed by atoms with Crippen LogP contribution in [0.5, 0.6) is 0 Å². The maximum atomic E-state index is 10.9. The van der Waals surface area contributed by atoms with Gasteiger partial charge in [-0.3, -0.25) is 0 Å². The highest BCUT2D eigenvalue weighted by Gasteiger charge is 2.20. The summed E-state index contributed by atoms with van der Waals surface area (Å²) in [4.78, 5) is 10.9. The van der Waals surface area contributed by atoms with E-state index in [9.17, 15) is 4.79 Å². The lowest BCUT2D eigenvalue weighted by atomic mass is 10.2. The van der Waals surface area contributed by atoms with Crippen LogP contribution in [0.25, 0.3) is 0 Å². The second-order valence-corrected chi connectivity index (χ2v) is 4.10. The number of hydrogen-bond acceptors (Lipinski definition) is 4. The van der Waals surface area contributed by atoms with Crippen LogP contribution < -0.4 is 0 Å². The van der Waals surface area contributed by atoms with Gasteiger partial charge in [0.05, 0.1) is 0 Å². The van der Waals surface area contributed by atoms with Crippen molar-refractivity contribution < 1.29 is 14.6 Å². The highest BCUT2D eigenvalue weighted by molar-refractivity contribution is 7.99. The Balaban J connectivity index is 2.24. The third kappa shape index (κ3) is 3.03. The molecule has 0 aliphatic carbocycles. The van der Waals surface area contributed by atoms with Crippen molar-refractivity contribution in [2.24, 2.45) is 0 Å². The number of carbonyl (C=O) groups excluding carboxylic acids is 1. The van der Waals surface area contributed by atoms with Gasteiger partial charge in [0.2, 0.25) is 0 Å². The molecule has 1 N–H and O–H groups in total. The standard InChI is InChI=1S/C8H14O3S/c1-6(9)8(10)11-7-3-2-4-12-5-7/h6-7,9H,2-5H2,1H3. The normalized spacial score (nSPS) is 26.3. The van der Waals surface area contributed by atoms with Crippen molar-refractivity contribution in [2.75, 3.05) is 11.5 Å². The van der Waals surface area contributed by atoms with Gasteiger partial charge in [0, 0.05) is 5.75 Å². The SMILES string of the molecule is CC(O)C(=O)OC1CCCSC1. The Morgan fingerprint density at radius 2 is 2.50 bits per heavy atom. The van der Waals surface area contributed by atoms with Crippen LogP contribution in [0.4, 0.5) is 0 Å². The molecule has 12 heavy (non-hydrogen) atoms. The Bertz CT molecular complexity index is 152. The van der Waals surface area contributed by atoms with Crippen LogP contribution >= 0.6 is 11.8 Å². The maximum absolute atomic E-state index is 10.9. The number of esters is 1. The molecule has 0 aromatic carbocycles. The minimum absolute atomic E-state index is 0.0193. The molecular formula is C8H14O3S. The van der Waals surface area contributed by atoms with Gasteiger partial charge in [-0.25, -0.2) is 4.79 Å². The van der Waals surface area contributed by atoms with E-state index in [1.807, 2.05) is 0 Å². The Hall–Kier alpha value is -0.220. The zero-order valence-electron chi connectivity index (χ0n) is 7.16. The Morgan fingerprint density at radius 3 is 3.00 bits per heavy atom. The summed E-state index contributed by atoms with van der Waals surface area (Å²) in [7, 11) is 0. The van der Waals surface area contributed by atoms with Gasteiger partial charge in [0.1, 0.15) is 12.2 Å². The molecule has 2 unspecified atom stereocenters. The van der Waals surface area contributed by atoms with Crippen molar-refractivity contribution in [3.05, 3.63) is 0 Å². The van der Waals surface area contributed by atoms with E-state index in [0.29, 0.717) is 0 Å². The first-order valence-electron chi connectivity index (χ1n) is 4.16. The van der Waals surface area contributed by atoms with Crippen LogP contribution in [0.15, 0.2) is 0 Å². The number of thioether (sulfide) groups is 1. The average Bonchev–Trinajstić information content (AvgIpc) is 2.06. The van der Waals surface area contributed by atoms with Gasteiger partial charge in [-0.2, -0.15) is 11.8 Å². The molecular weight excluding hydrogens is 176 g/mol. The molecule has 1 fully saturated rings. The third-order valence-electron chi connectivity index (χ3n) is 1.74. The summed E-state index contributed by atoms with van der Waals surface area (Å²) in [5.74, 6) is 1.53. The minimum Gasteiger partial charge on any atom is -0.460 e. The van der Waals surface area contributed by atoms with Crippen LogP contribution in [-0.2, 0) is 9.53 Å². The van der Waals surface area contributed by atoms with E-state index >= 15 is 0 Å². The Labute approximate surface area is 76.5 Å². The fourth-order valence-corrected chi connectivity index (χ4v) is 2.10. The van der Waals surface area contributed by atoms with Crippen LogP contribution in [-0.4, -0.2) is 34.8 Å². The second-order valence-electron chi connectivity index (χ2n) is 2.95. The third-order valence-corrected chi connectivity index (χ3v) is 2.93. The molecule has 0 aromatic rings. The lowest BCUT2D eigenvalue weighted by molar-refractivity contribution is -0.157. The van der Waals surface area contributed by atoms with E-state index in [0.717, 1.165) is 24.3 Å². The summed E-state index contributed by atoms with van der Waals surface area (Å²) in [5, 5.41) is 8.87. The number of aliphatic hydroxyl groups is 1. The van der Waals surface area contributed by atoms with Gasteiger partial charge < -0.3 is 9.84 Å². The van der Waals surface area contributed by atoms with Crippen LogP contribution in [0, 0.1) is 0 Å².